The fourth-order valence-corrected chi connectivity index (χ4v) is 2.92. The van der Waals surface area contributed by atoms with Crippen LogP contribution in [-0.2, 0) is 11.3 Å². The second-order valence-electron chi connectivity index (χ2n) is 6.30. The van der Waals surface area contributed by atoms with Crippen LogP contribution >= 0.6 is 0 Å². The summed E-state index contributed by atoms with van der Waals surface area (Å²) >= 11 is 0. The van der Waals surface area contributed by atoms with Gasteiger partial charge in [-0.25, -0.2) is 9.07 Å². The lowest BCUT2D eigenvalue weighted by Crippen LogP contribution is -2.38. The van der Waals surface area contributed by atoms with Crippen LogP contribution in [0.25, 0.3) is 0 Å². The second kappa shape index (κ2) is 7.61. The summed E-state index contributed by atoms with van der Waals surface area (Å²) in [6, 6.07) is 4.02. The molecule has 26 heavy (non-hydrogen) atoms. The molecular formula is C17H21FN6O2. The van der Waals surface area contributed by atoms with Gasteiger partial charge in [0.25, 0.3) is 5.91 Å². The lowest BCUT2D eigenvalue weighted by Gasteiger charge is -2.09. The van der Waals surface area contributed by atoms with E-state index in [-0.39, 0.29) is 36.3 Å². The predicted octanol–water partition coefficient (Wildman–Crippen LogP) is 0.305. The molecule has 1 aliphatic rings. The molecule has 3 rings (SSSR count). The van der Waals surface area contributed by atoms with Crippen molar-refractivity contribution in [2.24, 2.45) is 0 Å². The minimum atomic E-state index is -0.343. The smallest absolute Gasteiger partial charge is 0.251 e. The van der Waals surface area contributed by atoms with Gasteiger partial charge in [0.05, 0.1) is 24.8 Å². The van der Waals surface area contributed by atoms with E-state index in [4.69, 9.17) is 0 Å². The molecule has 3 N–H and O–H groups in total. The Morgan fingerprint density at radius 1 is 1.42 bits per heavy atom. The molecule has 0 aliphatic carbocycles. The highest BCUT2D eigenvalue weighted by molar-refractivity contribution is 5.94. The van der Waals surface area contributed by atoms with Crippen LogP contribution in [-0.4, -0.2) is 46.4 Å². The van der Waals surface area contributed by atoms with Crippen molar-refractivity contribution in [3.05, 3.63) is 47.0 Å². The molecule has 138 valence electrons. The number of nitrogens with one attached hydrogen (secondary N) is 3. The van der Waals surface area contributed by atoms with Crippen molar-refractivity contribution in [3.63, 3.8) is 0 Å². The predicted molar refractivity (Wildman–Crippen MR) is 91.8 cm³/mol. The van der Waals surface area contributed by atoms with Crippen molar-refractivity contribution in [2.45, 2.75) is 32.0 Å². The molecule has 0 bridgehead atoms. The summed E-state index contributed by atoms with van der Waals surface area (Å²) in [4.78, 5) is 23.8. The van der Waals surface area contributed by atoms with E-state index in [2.05, 4.69) is 26.3 Å². The molecule has 0 saturated carbocycles. The Morgan fingerprint density at radius 3 is 2.96 bits per heavy atom. The minimum absolute atomic E-state index is 0.0361. The zero-order chi connectivity index (χ0) is 18.7. The normalized spacial score (nSPS) is 19.3. The molecule has 2 aromatic rings. The van der Waals surface area contributed by atoms with Crippen LogP contribution in [0.5, 0.6) is 0 Å². The Labute approximate surface area is 150 Å². The number of likely N-dealkylation sites (N-methyl/N-ethyl adjacent to an activating group) is 1. The van der Waals surface area contributed by atoms with E-state index in [0.29, 0.717) is 29.8 Å². The Morgan fingerprint density at radius 2 is 2.23 bits per heavy atom. The van der Waals surface area contributed by atoms with Crippen molar-refractivity contribution < 1.29 is 14.0 Å². The number of nitrogens with zero attached hydrogens (tertiary/aromatic N) is 3. The van der Waals surface area contributed by atoms with Gasteiger partial charge in [-0.1, -0.05) is 5.21 Å². The second-order valence-corrected chi connectivity index (χ2v) is 6.30. The quantitative estimate of drug-likeness (QED) is 0.712. The van der Waals surface area contributed by atoms with E-state index in [0.717, 1.165) is 0 Å². The molecule has 2 atom stereocenters. The third kappa shape index (κ3) is 3.88. The van der Waals surface area contributed by atoms with Crippen LogP contribution in [0.4, 0.5) is 4.39 Å². The number of carbonyl (C=O) groups is 2. The SMILES string of the molecule is CNC(=O)[C@@H]1C[C@@H](n2cc(CNC(=O)c3ccc(F)c(C)c3)nn2)CN1. The van der Waals surface area contributed by atoms with Crippen LogP contribution < -0.4 is 16.0 Å². The van der Waals surface area contributed by atoms with Gasteiger partial charge in [0.15, 0.2) is 0 Å². The Hall–Kier alpha value is -2.81. The maximum absolute atomic E-state index is 13.3. The van der Waals surface area contributed by atoms with Gasteiger partial charge in [-0.3, -0.25) is 9.59 Å². The molecule has 0 unspecified atom stereocenters. The summed E-state index contributed by atoms with van der Waals surface area (Å²) in [5.74, 6) is -0.690. The number of aromatic nitrogens is 3. The highest BCUT2D eigenvalue weighted by Gasteiger charge is 2.30. The molecule has 1 aromatic heterocycles. The number of carbonyl (C=O) groups excluding carboxylic acids is 2. The minimum Gasteiger partial charge on any atom is -0.358 e. The van der Waals surface area contributed by atoms with Gasteiger partial charge in [0.1, 0.15) is 11.5 Å². The van der Waals surface area contributed by atoms with Gasteiger partial charge in [-0.2, -0.15) is 0 Å². The summed E-state index contributed by atoms with van der Waals surface area (Å²) in [5, 5.41) is 16.7. The molecule has 0 radical (unpaired) electrons. The maximum Gasteiger partial charge on any atom is 0.251 e. The summed E-state index contributed by atoms with van der Waals surface area (Å²) < 4.78 is 15.0. The number of aryl methyl sites for hydroxylation is 1. The third-order valence-corrected chi connectivity index (χ3v) is 4.45. The lowest BCUT2D eigenvalue weighted by molar-refractivity contribution is -0.122. The summed E-state index contributed by atoms with van der Waals surface area (Å²) in [5.41, 5.74) is 1.42. The number of rotatable bonds is 5. The zero-order valence-electron chi connectivity index (χ0n) is 14.6. The average molecular weight is 360 g/mol. The van der Waals surface area contributed by atoms with Crippen molar-refractivity contribution in [3.8, 4) is 0 Å². The van der Waals surface area contributed by atoms with Crippen LogP contribution in [0.1, 0.15) is 34.1 Å². The molecule has 1 fully saturated rings. The fourth-order valence-electron chi connectivity index (χ4n) is 2.92. The first kappa shape index (κ1) is 18.0. The van der Waals surface area contributed by atoms with E-state index in [1.807, 2.05) is 0 Å². The number of amides is 2. The highest BCUT2D eigenvalue weighted by atomic mass is 19.1. The Balaban J connectivity index is 1.56. The first-order valence-corrected chi connectivity index (χ1v) is 8.38. The van der Waals surface area contributed by atoms with E-state index in [1.165, 1.54) is 18.2 Å². The van der Waals surface area contributed by atoms with Gasteiger partial charge >= 0.3 is 0 Å². The van der Waals surface area contributed by atoms with Crippen LogP contribution in [0.15, 0.2) is 24.4 Å². The van der Waals surface area contributed by atoms with Gasteiger partial charge < -0.3 is 16.0 Å². The van der Waals surface area contributed by atoms with Gasteiger partial charge in [-0.05, 0) is 37.1 Å². The van der Waals surface area contributed by atoms with Crippen molar-refractivity contribution in [1.82, 2.24) is 30.9 Å². The molecule has 1 saturated heterocycles. The van der Waals surface area contributed by atoms with E-state index < -0.39 is 0 Å². The third-order valence-electron chi connectivity index (χ3n) is 4.45. The van der Waals surface area contributed by atoms with Gasteiger partial charge in [0.2, 0.25) is 5.91 Å². The summed E-state index contributed by atoms with van der Waals surface area (Å²) in [6.45, 7) is 2.45. The standard InChI is InChI=1S/C17H21FN6O2/c1-10-5-11(3-4-14(10)18)16(25)21-7-12-9-24(23-22-12)13-6-15(20-8-13)17(26)19-2/h3-5,9,13,15,20H,6-8H2,1-2H3,(H,19,26)(H,21,25)/t13-,15+/m1/s1. The number of halogens is 1. The monoisotopic (exact) mass is 360 g/mol. The first-order valence-electron chi connectivity index (χ1n) is 8.38. The number of hydrogen-bond donors (Lipinski definition) is 3. The van der Waals surface area contributed by atoms with Gasteiger partial charge in [-0.15, -0.1) is 5.10 Å². The Kier molecular flexibility index (Phi) is 5.27. The molecule has 1 aromatic carbocycles. The molecule has 2 heterocycles. The summed E-state index contributed by atoms with van der Waals surface area (Å²) in [7, 11) is 1.61. The maximum atomic E-state index is 13.3. The van der Waals surface area contributed by atoms with Crippen LogP contribution in [0.3, 0.4) is 0 Å². The molecule has 8 nitrogen and oxygen atoms in total. The van der Waals surface area contributed by atoms with Crippen LogP contribution in [0, 0.1) is 12.7 Å². The lowest BCUT2D eigenvalue weighted by atomic mass is 10.1. The van der Waals surface area contributed by atoms with Crippen molar-refractivity contribution >= 4 is 11.8 Å². The van der Waals surface area contributed by atoms with E-state index in [9.17, 15) is 14.0 Å². The zero-order valence-corrected chi connectivity index (χ0v) is 14.6. The average Bonchev–Trinajstić information content (AvgIpc) is 3.30. The van der Waals surface area contributed by atoms with E-state index in [1.54, 1.807) is 24.9 Å². The Bertz CT molecular complexity index is 821. The summed E-state index contributed by atoms with van der Waals surface area (Å²) in [6.07, 6.45) is 2.39. The van der Waals surface area contributed by atoms with Gasteiger partial charge in [0, 0.05) is 19.2 Å². The van der Waals surface area contributed by atoms with Crippen molar-refractivity contribution in [1.29, 1.82) is 0 Å². The molecule has 0 spiro atoms. The number of benzene rings is 1. The first-order chi connectivity index (χ1) is 12.5. The molecule has 2 amide bonds. The molecular weight excluding hydrogens is 339 g/mol. The fraction of sp³-hybridized carbons (Fsp3) is 0.412. The largest absolute Gasteiger partial charge is 0.358 e. The highest BCUT2D eigenvalue weighted by Crippen LogP contribution is 2.19. The van der Waals surface area contributed by atoms with E-state index >= 15 is 0 Å². The molecule has 1 aliphatic heterocycles. The van der Waals surface area contributed by atoms with Crippen LogP contribution in [0.2, 0.25) is 0 Å². The van der Waals surface area contributed by atoms with Crippen molar-refractivity contribution in [2.75, 3.05) is 13.6 Å². The molecule has 9 heteroatoms. The number of hydrogen-bond acceptors (Lipinski definition) is 5. The topological polar surface area (TPSA) is 101 Å².